The average Bonchev–Trinajstić information content (AvgIpc) is 2.91. The highest BCUT2D eigenvalue weighted by Crippen LogP contribution is 2.30. The van der Waals surface area contributed by atoms with Gasteiger partial charge in [0.15, 0.2) is 5.76 Å². The van der Waals surface area contributed by atoms with Gasteiger partial charge in [0.05, 0.1) is 13.2 Å². The summed E-state index contributed by atoms with van der Waals surface area (Å²) in [6, 6.07) is 6.19. The molecule has 0 aliphatic heterocycles. The third-order valence-corrected chi connectivity index (χ3v) is 3.11. The van der Waals surface area contributed by atoms with E-state index in [1.807, 2.05) is 0 Å². The summed E-state index contributed by atoms with van der Waals surface area (Å²) in [5.41, 5.74) is 0.733. The van der Waals surface area contributed by atoms with Gasteiger partial charge in [-0.3, -0.25) is 4.79 Å². The fourth-order valence-corrected chi connectivity index (χ4v) is 2.12. The predicted octanol–water partition coefficient (Wildman–Crippen LogP) is 2.25. The van der Waals surface area contributed by atoms with Gasteiger partial charge in [-0.1, -0.05) is 5.16 Å². The molecule has 1 atom stereocenters. The number of benzene rings is 1. The molecule has 2 N–H and O–H groups in total. The summed E-state index contributed by atoms with van der Waals surface area (Å²) in [4.78, 5) is 22.7. The Morgan fingerprint density at radius 3 is 2.45 bits per heavy atom. The lowest BCUT2D eigenvalue weighted by molar-refractivity contribution is -0.119. The van der Waals surface area contributed by atoms with Crippen LogP contribution in [-0.4, -0.2) is 29.2 Å². The number of nitrogens with one attached hydrogen (secondary N) is 1. The Kier molecular flexibility index (Phi) is 4.45. The van der Waals surface area contributed by atoms with Crippen LogP contribution in [0.2, 0.25) is 0 Å². The van der Waals surface area contributed by atoms with Crippen LogP contribution in [0.1, 0.15) is 36.0 Å². The zero-order chi connectivity index (χ0) is 16.3. The number of methoxy groups -OCH3 is 1. The van der Waals surface area contributed by atoms with E-state index in [0.29, 0.717) is 11.3 Å². The molecule has 0 aliphatic carbocycles. The lowest BCUT2D eigenvalue weighted by Crippen LogP contribution is -2.24. The number of aromatic nitrogens is 1. The van der Waals surface area contributed by atoms with E-state index in [1.165, 1.54) is 6.92 Å². The molecule has 116 valence electrons. The Bertz CT molecular complexity index is 690. The van der Waals surface area contributed by atoms with Crippen LogP contribution in [0, 0.1) is 0 Å². The van der Waals surface area contributed by atoms with E-state index >= 15 is 0 Å². The molecule has 2 rings (SSSR count). The van der Waals surface area contributed by atoms with Crippen molar-refractivity contribution >= 4 is 11.9 Å². The van der Waals surface area contributed by atoms with Crippen molar-refractivity contribution in [2.45, 2.75) is 19.9 Å². The zero-order valence-electron chi connectivity index (χ0n) is 12.4. The SMILES string of the molecule is COc1ccc(-c2noc([C@@H](C)NC(C)=O)c2C(=O)O)cc1. The summed E-state index contributed by atoms with van der Waals surface area (Å²) in [5, 5.41) is 15.9. The summed E-state index contributed by atoms with van der Waals surface area (Å²) >= 11 is 0. The lowest BCUT2D eigenvalue weighted by atomic mass is 10.0. The second kappa shape index (κ2) is 6.30. The number of carbonyl (C=O) groups excluding carboxylic acids is 1. The topological polar surface area (TPSA) is 102 Å². The molecule has 0 spiro atoms. The summed E-state index contributed by atoms with van der Waals surface area (Å²) in [7, 11) is 1.54. The first kappa shape index (κ1) is 15.6. The molecule has 7 heteroatoms. The van der Waals surface area contributed by atoms with Crippen LogP contribution in [0.25, 0.3) is 11.3 Å². The zero-order valence-corrected chi connectivity index (χ0v) is 12.4. The minimum Gasteiger partial charge on any atom is -0.497 e. The van der Waals surface area contributed by atoms with Crippen LogP contribution in [-0.2, 0) is 4.79 Å². The van der Waals surface area contributed by atoms with Crippen molar-refractivity contribution in [3.05, 3.63) is 35.6 Å². The molecule has 0 radical (unpaired) electrons. The van der Waals surface area contributed by atoms with E-state index in [0.717, 1.165) is 0 Å². The van der Waals surface area contributed by atoms with Gasteiger partial charge >= 0.3 is 5.97 Å². The number of carboxylic acids is 1. The maximum atomic E-state index is 11.6. The van der Waals surface area contributed by atoms with Gasteiger partial charge in [-0.25, -0.2) is 4.79 Å². The molecule has 22 heavy (non-hydrogen) atoms. The molecule has 1 aromatic carbocycles. The summed E-state index contributed by atoms with van der Waals surface area (Å²) in [5.74, 6) is -0.699. The first-order valence-corrected chi connectivity index (χ1v) is 6.58. The largest absolute Gasteiger partial charge is 0.497 e. The van der Waals surface area contributed by atoms with Gasteiger partial charge in [0.1, 0.15) is 17.0 Å². The van der Waals surface area contributed by atoms with E-state index < -0.39 is 12.0 Å². The second-order valence-corrected chi connectivity index (χ2v) is 4.73. The average molecular weight is 304 g/mol. The molecule has 0 aliphatic rings. The lowest BCUT2D eigenvalue weighted by Gasteiger charge is -2.09. The molecule has 1 amide bonds. The number of aromatic carboxylic acids is 1. The molecule has 1 heterocycles. The van der Waals surface area contributed by atoms with E-state index in [2.05, 4.69) is 10.5 Å². The number of ether oxygens (including phenoxy) is 1. The molecule has 1 aromatic heterocycles. The first-order chi connectivity index (χ1) is 10.4. The van der Waals surface area contributed by atoms with Crippen molar-refractivity contribution in [3.8, 4) is 17.0 Å². The van der Waals surface area contributed by atoms with Gasteiger partial charge in [-0.05, 0) is 31.2 Å². The van der Waals surface area contributed by atoms with Crippen LogP contribution in [0.5, 0.6) is 5.75 Å². The maximum Gasteiger partial charge on any atom is 0.341 e. The highest BCUT2D eigenvalue weighted by Gasteiger charge is 2.27. The molecular weight excluding hydrogens is 288 g/mol. The van der Waals surface area contributed by atoms with Gasteiger partial charge in [0.25, 0.3) is 0 Å². The third kappa shape index (κ3) is 3.08. The Morgan fingerprint density at radius 2 is 1.95 bits per heavy atom. The van der Waals surface area contributed by atoms with Gasteiger partial charge in [0.2, 0.25) is 5.91 Å². The Balaban J connectivity index is 2.45. The highest BCUT2D eigenvalue weighted by molar-refractivity contribution is 5.96. The Morgan fingerprint density at radius 1 is 1.32 bits per heavy atom. The maximum absolute atomic E-state index is 11.6. The number of amides is 1. The number of carboxylic acid groups (broad SMARTS) is 1. The normalized spacial score (nSPS) is 11.8. The minimum atomic E-state index is -1.17. The molecule has 0 saturated heterocycles. The van der Waals surface area contributed by atoms with E-state index in [4.69, 9.17) is 9.26 Å². The predicted molar refractivity (Wildman–Crippen MR) is 77.7 cm³/mol. The van der Waals surface area contributed by atoms with Crippen LogP contribution in [0.3, 0.4) is 0 Å². The van der Waals surface area contributed by atoms with Crippen LogP contribution in [0.4, 0.5) is 0 Å². The Hall–Kier alpha value is -2.83. The van der Waals surface area contributed by atoms with Crippen molar-refractivity contribution in [2.75, 3.05) is 7.11 Å². The molecule has 7 nitrogen and oxygen atoms in total. The first-order valence-electron chi connectivity index (χ1n) is 6.58. The number of nitrogens with zero attached hydrogens (tertiary/aromatic N) is 1. The monoisotopic (exact) mass is 304 g/mol. The summed E-state index contributed by atoms with van der Waals surface area (Å²) in [6.07, 6.45) is 0. The molecule has 0 unspecified atom stereocenters. The van der Waals surface area contributed by atoms with Crippen molar-refractivity contribution in [1.82, 2.24) is 10.5 Å². The molecular formula is C15H16N2O5. The quantitative estimate of drug-likeness (QED) is 0.878. The van der Waals surface area contributed by atoms with Gasteiger partial charge in [-0.15, -0.1) is 0 Å². The van der Waals surface area contributed by atoms with Gasteiger partial charge < -0.3 is 19.7 Å². The highest BCUT2D eigenvalue weighted by atomic mass is 16.5. The standard InChI is InChI=1S/C15H16N2O5/c1-8(16-9(2)18)14-12(15(19)20)13(17-22-14)10-4-6-11(21-3)7-5-10/h4-8H,1-3H3,(H,16,18)(H,19,20)/t8-/m1/s1. The smallest absolute Gasteiger partial charge is 0.341 e. The van der Waals surface area contributed by atoms with Gasteiger partial charge in [-0.2, -0.15) is 0 Å². The minimum absolute atomic E-state index is 0.0635. The fourth-order valence-electron chi connectivity index (χ4n) is 2.12. The number of carbonyl (C=O) groups is 2. The van der Waals surface area contributed by atoms with Crippen molar-refractivity contribution < 1.29 is 24.0 Å². The van der Waals surface area contributed by atoms with Crippen molar-refractivity contribution in [2.24, 2.45) is 0 Å². The van der Waals surface area contributed by atoms with Crippen molar-refractivity contribution in [1.29, 1.82) is 0 Å². The van der Waals surface area contributed by atoms with E-state index in [-0.39, 0.29) is 22.9 Å². The second-order valence-electron chi connectivity index (χ2n) is 4.73. The van der Waals surface area contributed by atoms with E-state index in [9.17, 15) is 14.7 Å². The molecule has 0 saturated carbocycles. The van der Waals surface area contributed by atoms with E-state index in [1.54, 1.807) is 38.3 Å². The number of hydrogen-bond acceptors (Lipinski definition) is 5. The summed E-state index contributed by atoms with van der Waals surface area (Å²) < 4.78 is 10.2. The Labute approximate surface area is 126 Å². The fraction of sp³-hybridized carbons (Fsp3) is 0.267. The molecule has 0 bridgehead atoms. The van der Waals surface area contributed by atoms with Crippen LogP contribution >= 0.6 is 0 Å². The summed E-state index contributed by atoms with van der Waals surface area (Å²) in [6.45, 7) is 2.98. The molecule has 0 fully saturated rings. The van der Waals surface area contributed by atoms with Crippen LogP contribution < -0.4 is 10.1 Å². The van der Waals surface area contributed by atoms with Gasteiger partial charge in [0, 0.05) is 12.5 Å². The number of rotatable bonds is 5. The van der Waals surface area contributed by atoms with Crippen LogP contribution in [0.15, 0.2) is 28.8 Å². The number of hydrogen-bond donors (Lipinski definition) is 2. The van der Waals surface area contributed by atoms with Crippen molar-refractivity contribution in [3.63, 3.8) is 0 Å². The third-order valence-electron chi connectivity index (χ3n) is 3.11. The molecule has 2 aromatic rings.